The van der Waals surface area contributed by atoms with Gasteiger partial charge in [0.05, 0.1) is 23.7 Å². The molecule has 0 atom stereocenters. The van der Waals surface area contributed by atoms with Gasteiger partial charge >= 0.3 is 5.97 Å². The predicted octanol–water partition coefficient (Wildman–Crippen LogP) is 3.84. The summed E-state index contributed by atoms with van der Waals surface area (Å²) in [7, 11) is 1.40. The predicted molar refractivity (Wildman–Crippen MR) is 119 cm³/mol. The molecular weight excluding hydrogens is 360 g/mol. The van der Waals surface area contributed by atoms with E-state index >= 15 is 0 Å². The number of aryl methyl sites for hydroxylation is 1. The lowest BCUT2D eigenvalue weighted by atomic mass is 9.95. The molecule has 0 aliphatic heterocycles. The SMILES string of the molecule is C=c1[nH]/c(=C(/c2ccc(C(=O)OC)cc2)c2[nH]c(C)c(CC)c2C)c(C)c1CC. The Balaban J connectivity index is 2.37. The van der Waals surface area contributed by atoms with Gasteiger partial charge in [0.15, 0.2) is 0 Å². The van der Waals surface area contributed by atoms with Crippen molar-refractivity contribution in [2.45, 2.75) is 47.5 Å². The zero-order valence-electron chi connectivity index (χ0n) is 18.2. The second-order valence-electron chi connectivity index (χ2n) is 7.46. The van der Waals surface area contributed by atoms with Crippen LogP contribution in [0.25, 0.3) is 12.2 Å². The minimum absolute atomic E-state index is 0.331. The van der Waals surface area contributed by atoms with Gasteiger partial charge in [-0.15, -0.1) is 0 Å². The van der Waals surface area contributed by atoms with Crippen LogP contribution >= 0.6 is 0 Å². The summed E-state index contributed by atoms with van der Waals surface area (Å²) in [5, 5.41) is 2.03. The Morgan fingerprint density at radius 1 is 0.931 bits per heavy atom. The number of methoxy groups -OCH3 is 1. The highest BCUT2D eigenvalue weighted by molar-refractivity contribution is 5.90. The van der Waals surface area contributed by atoms with Crippen molar-refractivity contribution in [3.05, 3.63) is 79.7 Å². The van der Waals surface area contributed by atoms with Gasteiger partial charge in [-0.05, 0) is 73.6 Å². The molecule has 29 heavy (non-hydrogen) atoms. The van der Waals surface area contributed by atoms with Crippen LogP contribution in [0.15, 0.2) is 24.3 Å². The van der Waals surface area contributed by atoms with Gasteiger partial charge in [-0.25, -0.2) is 4.79 Å². The van der Waals surface area contributed by atoms with Gasteiger partial charge in [0.1, 0.15) is 0 Å². The first kappa shape index (κ1) is 20.7. The van der Waals surface area contributed by atoms with E-state index in [0.717, 1.165) is 40.4 Å². The summed E-state index contributed by atoms with van der Waals surface area (Å²) in [5.41, 5.74) is 10.1. The first-order chi connectivity index (χ1) is 13.8. The van der Waals surface area contributed by atoms with E-state index in [4.69, 9.17) is 4.74 Å². The molecule has 4 nitrogen and oxygen atoms in total. The van der Waals surface area contributed by atoms with E-state index < -0.39 is 0 Å². The van der Waals surface area contributed by atoms with Crippen molar-refractivity contribution in [3.63, 3.8) is 0 Å². The molecule has 0 aliphatic rings. The van der Waals surface area contributed by atoms with E-state index in [1.807, 2.05) is 24.3 Å². The molecule has 2 aromatic heterocycles. The molecule has 0 aliphatic carbocycles. The first-order valence-corrected chi connectivity index (χ1v) is 10.1. The Morgan fingerprint density at radius 3 is 2.00 bits per heavy atom. The number of esters is 1. The summed E-state index contributed by atoms with van der Waals surface area (Å²) in [5.74, 6) is -0.331. The summed E-state index contributed by atoms with van der Waals surface area (Å²) in [6.07, 6.45) is 1.91. The largest absolute Gasteiger partial charge is 0.465 e. The molecular formula is C25H30N2O2. The highest BCUT2D eigenvalue weighted by Gasteiger charge is 2.19. The summed E-state index contributed by atoms with van der Waals surface area (Å²) >= 11 is 0. The highest BCUT2D eigenvalue weighted by atomic mass is 16.5. The Bertz CT molecular complexity index is 1160. The Labute approximate surface area is 172 Å². The third-order valence-corrected chi connectivity index (χ3v) is 5.86. The average molecular weight is 391 g/mol. The maximum absolute atomic E-state index is 11.9. The maximum Gasteiger partial charge on any atom is 0.337 e. The number of carbonyl (C=O) groups is 1. The van der Waals surface area contributed by atoms with Crippen molar-refractivity contribution >= 4 is 18.1 Å². The number of aromatic amines is 2. The van der Waals surface area contributed by atoms with Crippen LogP contribution in [0.3, 0.4) is 0 Å². The summed E-state index contributed by atoms with van der Waals surface area (Å²) in [4.78, 5) is 19.0. The van der Waals surface area contributed by atoms with Crippen LogP contribution in [0.2, 0.25) is 0 Å². The number of nitrogens with one attached hydrogen (secondary N) is 2. The van der Waals surface area contributed by atoms with E-state index in [1.54, 1.807) is 0 Å². The van der Waals surface area contributed by atoms with Crippen molar-refractivity contribution in [1.29, 1.82) is 0 Å². The quantitative estimate of drug-likeness (QED) is 0.651. The Morgan fingerprint density at radius 2 is 1.52 bits per heavy atom. The number of carbonyl (C=O) groups excluding carboxylic acids is 1. The third-order valence-electron chi connectivity index (χ3n) is 5.86. The van der Waals surface area contributed by atoms with Crippen molar-refractivity contribution in [1.82, 2.24) is 9.97 Å². The minimum atomic E-state index is -0.331. The molecule has 1 aromatic carbocycles. The zero-order chi connectivity index (χ0) is 21.3. The topological polar surface area (TPSA) is 57.9 Å². The van der Waals surface area contributed by atoms with Gasteiger partial charge in [-0.1, -0.05) is 32.6 Å². The van der Waals surface area contributed by atoms with Crippen LogP contribution in [0.1, 0.15) is 63.4 Å². The number of hydrogen-bond donors (Lipinski definition) is 2. The van der Waals surface area contributed by atoms with Crippen LogP contribution in [-0.4, -0.2) is 23.0 Å². The van der Waals surface area contributed by atoms with E-state index in [-0.39, 0.29) is 5.97 Å². The van der Waals surface area contributed by atoms with Crippen molar-refractivity contribution < 1.29 is 9.53 Å². The Hall–Kier alpha value is -3.01. The zero-order valence-corrected chi connectivity index (χ0v) is 18.2. The smallest absolute Gasteiger partial charge is 0.337 e. The number of ether oxygens (including phenoxy) is 1. The molecule has 3 rings (SSSR count). The van der Waals surface area contributed by atoms with Gasteiger partial charge in [0.2, 0.25) is 0 Å². The third kappa shape index (κ3) is 3.55. The van der Waals surface area contributed by atoms with Crippen molar-refractivity contribution in [3.8, 4) is 0 Å². The number of benzene rings is 1. The monoisotopic (exact) mass is 390 g/mol. The molecule has 0 saturated heterocycles. The summed E-state index contributed by atoms with van der Waals surface area (Å²) in [6.45, 7) is 15.0. The minimum Gasteiger partial charge on any atom is -0.465 e. The maximum atomic E-state index is 11.9. The fraction of sp³-hybridized carbons (Fsp3) is 0.320. The molecule has 2 heterocycles. The molecule has 0 radical (unpaired) electrons. The van der Waals surface area contributed by atoms with Crippen LogP contribution in [0.4, 0.5) is 0 Å². The fourth-order valence-corrected chi connectivity index (χ4v) is 4.30. The molecule has 3 aromatic rings. The highest BCUT2D eigenvalue weighted by Crippen LogP contribution is 2.28. The number of hydrogen-bond acceptors (Lipinski definition) is 2. The van der Waals surface area contributed by atoms with Gasteiger partial charge in [0.25, 0.3) is 0 Å². The Kier molecular flexibility index (Phi) is 5.83. The molecule has 152 valence electrons. The standard InChI is InChI=1S/C25H30N2O2/c1-8-20-14(3)23(26-16(20)5)22(24-15(4)21(9-2)17(6)27-24)18-10-12-19(13-11-18)25(28)29-7/h10-13,26-27H,5,8-9H2,1-4,6-7H3/b23-22-. The average Bonchev–Trinajstić information content (AvgIpc) is 3.16. The van der Waals surface area contributed by atoms with Crippen LogP contribution < -0.4 is 10.7 Å². The lowest BCUT2D eigenvalue weighted by molar-refractivity contribution is 0.0600. The van der Waals surface area contributed by atoms with Gasteiger partial charge in [0, 0.05) is 16.6 Å². The first-order valence-electron chi connectivity index (χ1n) is 10.1. The molecule has 2 N–H and O–H groups in total. The van der Waals surface area contributed by atoms with Gasteiger partial charge in [-0.3, -0.25) is 0 Å². The molecule has 0 saturated carbocycles. The fourth-order valence-electron chi connectivity index (χ4n) is 4.30. The lowest BCUT2D eigenvalue weighted by Gasteiger charge is -2.10. The second kappa shape index (κ2) is 8.16. The van der Waals surface area contributed by atoms with E-state index in [1.165, 1.54) is 35.1 Å². The molecule has 0 unspecified atom stereocenters. The van der Waals surface area contributed by atoms with Gasteiger partial charge in [-0.2, -0.15) is 0 Å². The van der Waals surface area contributed by atoms with Crippen molar-refractivity contribution in [2.24, 2.45) is 0 Å². The summed E-state index contributed by atoms with van der Waals surface area (Å²) in [6, 6.07) is 7.60. The summed E-state index contributed by atoms with van der Waals surface area (Å²) < 4.78 is 4.84. The molecule has 0 spiro atoms. The molecule has 0 bridgehead atoms. The second-order valence-corrected chi connectivity index (χ2v) is 7.46. The van der Waals surface area contributed by atoms with Crippen LogP contribution in [-0.2, 0) is 17.6 Å². The van der Waals surface area contributed by atoms with Crippen molar-refractivity contribution in [2.75, 3.05) is 7.11 Å². The lowest BCUT2D eigenvalue weighted by Crippen LogP contribution is -2.16. The van der Waals surface area contributed by atoms with Crippen LogP contribution in [0, 0.1) is 20.8 Å². The van der Waals surface area contributed by atoms with E-state index in [9.17, 15) is 4.79 Å². The van der Waals surface area contributed by atoms with Crippen LogP contribution in [0.5, 0.6) is 0 Å². The van der Waals surface area contributed by atoms with Gasteiger partial charge < -0.3 is 14.7 Å². The number of rotatable bonds is 5. The normalized spacial score (nSPS) is 12.2. The van der Waals surface area contributed by atoms with E-state index in [0.29, 0.717) is 5.56 Å². The number of aromatic nitrogens is 2. The molecule has 0 fully saturated rings. The molecule has 4 heteroatoms. The van der Waals surface area contributed by atoms with E-state index in [2.05, 4.69) is 51.2 Å². The molecule has 0 amide bonds. The number of H-pyrrole nitrogens is 2.